The Morgan fingerprint density at radius 1 is 0.808 bits per heavy atom. The molecule has 0 fully saturated rings. The van der Waals surface area contributed by atoms with E-state index < -0.39 is 0 Å². The molecule has 1 aromatic heterocycles. The van der Waals surface area contributed by atoms with Crippen LogP contribution in [0, 0.1) is 12.7 Å². The van der Waals surface area contributed by atoms with Crippen LogP contribution in [0.2, 0.25) is 0 Å². The number of aryl methyl sites for hydroxylation is 2. The molecule has 0 saturated heterocycles. The van der Waals surface area contributed by atoms with Gasteiger partial charge in [0.1, 0.15) is 11.6 Å². The fourth-order valence-corrected chi connectivity index (χ4v) is 3.51. The first-order valence-electron chi connectivity index (χ1n) is 8.75. The molecule has 5 rings (SSSR count). The average molecular weight is 519 g/mol. The van der Waals surface area contributed by atoms with Gasteiger partial charge in [-0.05, 0) is 37.8 Å². The molecule has 3 aromatic rings. The van der Waals surface area contributed by atoms with E-state index in [1.165, 1.54) is 12.8 Å². The van der Waals surface area contributed by atoms with Crippen LogP contribution in [0.1, 0.15) is 24.2 Å². The zero-order chi connectivity index (χ0) is 16.6. The molecule has 2 heterocycles. The second kappa shape index (κ2) is 7.18. The molecule has 2 aliphatic rings. The van der Waals surface area contributed by atoms with Gasteiger partial charge in [0.05, 0.1) is 11.4 Å². The normalized spacial score (nSPS) is 15.2. The third-order valence-corrected chi connectivity index (χ3v) is 4.77. The number of hydrogen-bond acceptors (Lipinski definition) is 4. The molecule has 2 aromatic carbocycles. The van der Waals surface area contributed by atoms with E-state index >= 15 is 0 Å². The number of aromatic nitrogens is 2. The number of para-hydroxylation sites is 2. The first kappa shape index (κ1) is 17.2. The molecule has 0 N–H and O–H groups in total. The minimum atomic E-state index is 0. The number of hydrogen-bond donors (Lipinski definition) is 0. The third-order valence-electron chi connectivity index (χ3n) is 4.77. The van der Waals surface area contributed by atoms with Crippen LogP contribution in [0.15, 0.2) is 54.6 Å². The fraction of sp³-hybridized carbons (Fsp3) is 0.190. The molecule has 0 atom stereocenters. The van der Waals surface area contributed by atoms with Crippen molar-refractivity contribution in [2.75, 3.05) is 9.80 Å². The molecule has 1 aliphatic carbocycles. The summed E-state index contributed by atoms with van der Waals surface area (Å²) in [7, 11) is 0. The van der Waals surface area contributed by atoms with E-state index in [4.69, 9.17) is 9.97 Å². The molecule has 0 saturated carbocycles. The van der Waals surface area contributed by atoms with E-state index in [-0.39, 0.29) is 20.1 Å². The summed E-state index contributed by atoms with van der Waals surface area (Å²) in [5, 5.41) is 0. The van der Waals surface area contributed by atoms with Gasteiger partial charge in [-0.1, -0.05) is 18.2 Å². The summed E-state index contributed by atoms with van der Waals surface area (Å²) in [4.78, 5) is 14.2. The van der Waals surface area contributed by atoms with Crippen LogP contribution in [0.5, 0.6) is 0 Å². The predicted molar refractivity (Wildman–Crippen MR) is 99.0 cm³/mol. The largest absolute Gasteiger partial charge is 0.477 e. The molecule has 4 nitrogen and oxygen atoms in total. The molecule has 5 heteroatoms. The van der Waals surface area contributed by atoms with Gasteiger partial charge in [-0.2, -0.15) is 30.3 Å². The van der Waals surface area contributed by atoms with Crippen molar-refractivity contribution in [1.82, 2.24) is 9.97 Å². The van der Waals surface area contributed by atoms with E-state index in [9.17, 15) is 0 Å². The number of nitrogens with zero attached hydrogens (tertiary/aromatic N) is 4. The van der Waals surface area contributed by atoms with Gasteiger partial charge in [0.25, 0.3) is 0 Å². The van der Waals surface area contributed by atoms with Crippen LogP contribution in [0.3, 0.4) is 0 Å². The third kappa shape index (κ3) is 2.91. The average Bonchev–Trinajstić information content (AvgIpc) is 3.06. The van der Waals surface area contributed by atoms with Crippen molar-refractivity contribution in [3.05, 3.63) is 78.7 Å². The molecule has 26 heavy (non-hydrogen) atoms. The summed E-state index contributed by atoms with van der Waals surface area (Å²) in [5.74, 6) is 1.80. The second-order valence-electron chi connectivity index (χ2n) is 6.41. The Kier molecular flexibility index (Phi) is 4.75. The van der Waals surface area contributed by atoms with Crippen LogP contribution in [0.25, 0.3) is 0 Å². The van der Waals surface area contributed by atoms with Crippen LogP contribution in [0.4, 0.5) is 23.0 Å². The maximum Gasteiger partial charge on any atom is 0.146 e. The number of rotatable bonds is 2. The Hall–Kier alpha value is -2.23. The van der Waals surface area contributed by atoms with Crippen molar-refractivity contribution in [1.29, 1.82) is 0 Å². The first-order valence-corrected chi connectivity index (χ1v) is 8.75. The van der Waals surface area contributed by atoms with E-state index in [0.717, 1.165) is 47.2 Å². The molecular weight excluding hydrogens is 500 g/mol. The van der Waals surface area contributed by atoms with Crippen molar-refractivity contribution in [2.45, 2.75) is 25.7 Å². The van der Waals surface area contributed by atoms with Gasteiger partial charge in [0.2, 0.25) is 0 Å². The van der Waals surface area contributed by atoms with Crippen molar-refractivity contribution >= 4 is 23.0 Å². The van der Waals surface area contributed by atoms with Gasteiger partial charge in [0.15, 0.2) is 0 Å². The van der Waals surface area contributed by atoms with Gasteiger partial charge in [-0.3, -0.25) is 0 Å². The summed E-state index contributed by atoms with van der Waals surface area (Å²) in [6, 6.07) is 21.6. The molecule has 0 unspecified atom stereocenters. The zero-order valence-electron chi connectivity index (χ0n) is 14.2. The van der Waals surface area contributed by atoms with Crippen LogP contribution >= 0.6 is 0 Å². The number of benzene rings is 2. The second-order valence-corrected chi connectivity index (χ2v) is 6.41. The molecular formula is C21H18IrN4-2. The Morgan fingerprint density at radius 3 is 2.12 bits per heavy atom. The van der Waals surface area contributed by atoms with Crippen molar-refractivity contribution in [3.63, 3.8) is 0 Å². The van der Waals surface area contributed by atoms with Crippen LogP contribution in [-0.4, -0.2) is 9.97 Å². The SMILES string of the molecule is [Ir].[c-]1ccccc1N1[CH-]N(c2ccccc2)c2nc3c(nc21)CCCC3. The van der Waals surface area contributed by atoms with Crippen LogP contribution in [-0.2, 0) is 32.9 Å². The van der Waals surface area contributed by atoms with E-state index in [0.29, 0.717) is 0 Å². The van der Waals surface area contributed by atoms with E-state index in [2.05, 4.69) is 40.7 Å². The summed E-state index contributed by atoms with van der Waals surface area (Å²) >= 11 is 0. The minimum absolute atomic E-state index is 0. The zero-order valence-corrected chi connectivity index (χ0v) is 16.6. The van der Waals surface area contributed by atoms with Crippen LogP contribution < -0.4 is 9.80 Å². The first-order chi connectivity index (χ1) is 12.4. The van der Waals surface area contributed by atoms with Crippen molar-refractivity contribution in [2.24, 2.45) is 0 Å². The van der Waals surface area contributed by atoms with Gasteiger partial charge >= 0.3 is 0 Å². The summed E-state index contributed by atoms with van der Waals surface area (Å²) in [5.41, 5.74) is 4.37. The van der Waals surface area contributed by atoms with Gasteiger partial charge in [0, 0.05) is 25.8 Å². The summed E-state index contributed by atoms with van der Waals surface area (Å²) in [6.45, 7) is 2.07. The van der Waals surface area contributed by atoms with E-state index in [1.54, 1.807) is 0 Å². The number of fused-ring (bicyclic) bond motifs is 2. The maximum atomic E-state index is 5.00. The Labute approximate surface area is 167 Å². The smallest absolute Gasteiger partial charge is 0.146 e. The molecule has 1 aliphatic heterocycles. The molecule has 0 spiro atoms. The summed E-state index contributed by atoms with van der Waals surface area (Å²) < 4.78 is 0. The predicted octanol–water partition coefficient (Wildman–Crippen LogP) is 4.56. The fourth-order valence-electron chi connectivity index (χ4n) is 3.51. The number of anilines is 4. The molecule has 0 amide bonds. The summed E-state index contributed by atoms with van der Waals surface area (Å²) in [6.07, 6.45) is 4.44. The Bertz CT molecular complexity index is 824. The Morgan fingerprint density at radius 2 is 1.46 bits per heavy atom. The van der Waals surface area contributed by atoms with Crippen molar-refractivity contribution in [3.8, 4) is 0 Å². The van der Waals surface area contributed by atoms with Gasteiger partial charge < -0.3 is 9.80 Å². The standard InChI is InChI=1S/C21H18N4.Ir/c1-3-9-16(10-4-1)24-15-25(17-11-5-2-6-12-17)21-20(24)22-18-13-7-8-14-19(18)23-21;/h1-6,9-11,15H,7-8,13-14H2;/q-2;. The topological polar surface area (TPSA) is 32.3 Å². The quantitative estimate of drug-likeness (QED) is 0.466. The van der Waals surface area contributed by atoms with Gasteiger partial charge in [-0.25, -0.2) is 9.97 Å². The molecule has 1 radical (unpaired) electrons. The Balaban J connectivity index is 0.00000168. The maximum absolute atomic E-state index is 5.00. The van der Waals surface area contributed by atoms with Gasteiger partial charge in [-0.15, -0.1) is 12.4 Å². The van der Waals surface area contributed by atoms with E-state index in [1.807, 2.05) is 36.4 Å². The molecule has 133 valence electrons. The van der Waals surface area contributed by atoms with Crippen molar-refractivity contribution < 1.29 is 20.1 Å². The minimum Gasteiger partial charge on any atom is -0.477 e. The molecule has 0 bridgehead atoms. The monoisotopic (exact) mass is 519 g/mol.